The first kappa shape index (κ1) is 20.0. The summed E-state index contributed by atoms with van der Waals surface area (Å²) in [6, 6.07) is 11.7. The van der Waals surface area contributed by atoms with Crippen LogP contribution in [0.1, 0.15) is 29.2 Å². The van der Waals surface area contributed by atoms with Gasteiger partial charge in [0.15, 0.2) is 0 Å². The summed E-state index contributed by atoms with van der Waals surface area (Å²) in [5, 5.41) is 5.52. The summed E-state index contributed by atoms with van der Waals surface area (Å²) in [5.41, 5.74) is 6.04. The van der Waals surface area contributed by atoms with Gasteiger partial charge in [-0.25, -0.2) is 0 Å². The zero-order valence-corrected chi connectivity index (χ0v) is 16.8. The van der Waals surface area contributed by atoms with E-state index in [0.717, 1.165) is 28.1 Å². The number of nitrogens with one attached hydrogen (secondary N) is 2. The van der Waals surface area contributed by atoms with Crippen molar-refractivity contribution >= 4 is 35.0 Å². The minimum atomic E-state index is -0.320. The predicted molar refractivity (Wildman–Crippen MR) is 111 cm³/mol. The number of aryl methyl sites for hydroxylation is 4. The van der Waals surface area contributed by atoms with Crippen molar-refractivity contribution in [2.45, 2.75) is 39.9 Å². The Hall–Kier alpha value is -2.27. The second-order valence-corrected chi connectivity index (χ2v) is 7.96. The van der Waals surface area contributed by atoms with Gasteiger partial charge in [-0.1, -0.05) is 35.4 Å². The summed E-state index contributed by atoms with van der Waals surface area (Å²) >= 11 is 1.33. The first-order valence-electron chi connectivity index (χ1n) is 8.63. The average molecular weight is 371 g/mol. The van der Waals surface area contributed by atoms with Crippen molar-refractivity contribution in [1.82, 2.24) is 0 Å². The fourth-order valence-corrected chi connectivity index (χ4v) is 3.40. The third-order valence-electron chi connectivity index (χ3n) is 4.09. The Morgan fingerprint density at radius 3 is 2.08 bits per heavy atom. The van der Waals surface area contributed by atoms with Gasteiger partial charge in [0.1, 0.15) is 0 Å². The predicted octanol–water partition coefficient (Wildman–Crippen LogP) is 4.62. The van der Waals surface area contributed by atoms with Crippen LogP contribution in [0.2, 0.25) is 0 Å². The van der Waals surface area contributed by atoms with Crippen LogP contribution in [-0.4, -0.2) is 22.8 Å². The Morgan fingerprint density at radius 2 is 1.50 bits per heavy atom. The van der Waals surface area contributed by atoms with Gasteiger partial charge < -0.3 is 10.6 Å². The summed E-state index contributed by atoms with van der Waals surface area (Å²) in [6.07, 6.45) is 0. The summed E-state index contributed by atoms with van der Waals surface area (Å²) < 4.78 is 0. The molecule has 0 aliphatic rings. The Morgan fingerprint density at radius 1 is 0.923 bits per heavy atom. The highest BCUT2D eigenvalue weighted by molar-refractivity contribution is 8.01. The van der Waals surface area contributed by atoms with Crippen molar-refractivity contribution in [3.63, 3.8) is 0 Å². The lowest BCUT2D eigenvalue weighted by Crippen LogP contribution is -2.25. The molecule has 2 rings (SSSR count). The number of anilines is 2. The van der Waals surface area contributed by atoms with E-state index >= 15 is 0 Å². The van der Waals surface area contributed by atoms with E-state index in [0.29, 0.717) is 0 Å². The number of carbonyl (C=O) groups excluding carboxylic acids is 2. The van der Waals surface area contributed by atoms with Gasteiger partial charge in [0.25, 0.3) is 0 Å². The fourth-order valence-electron chi connectivity index (χ4n) is 2.71. The van der Waals surface area contributed by atoms with E-state index in [1.54, 1.807) is 0 Å². The Kier molecular flexibility index (Phi) is 6.86. The highest BCUT2D eigenvalue weighted by atomic mass is 32.2. The highest BCUT2D eigenvalue weighted by Crippen LogP contribution is 2.23. The SMILES string of the molecule is Cc1ccc(NC(=O)CS[C@H](C)C(=O)Nc2c(C)cc(C)cc2C)cc1. The van der Waals surface area contributed by atoms with Crippen LogP contribution in [0.5, 0.6) is 0 Å². The summed E-state index contributed by atoms with van der Waals surface area (Å²) in [5.74, 6) is 0.0308. The summed E-state index contributed by atoms with van der Waals surface area (Å²) in [6.45, 7) is 9.83. The molecule has 0 aliphatic carbocycles. The van der Waals surface area contributed by atoms with Crippen LogP contribution in [0.25, 0.3) is 0 Å². The average Bonchev–Trinajstić information content (AvgIpc) is 2.57. The molecule has 2 N–H and O–H groups in total. The van der Waals surface area contributed by atoms with Gasteiger partial charge in [-0.05, 0) is 57.9 Å². The third-order valence-corrected chi connectivity index (χ3v) is 5.24. The van der Waals surface area contributed by atoms with E-state index < -0.39 is 0 Å². The standard InChI is InChI=1S/C21H26N2O2S/c1-13-6-8-18(9-7-13)22-19(24)12-26-17(5)21(25)23-20-15(3)10-14(2)11-16(20)4/h6-11,17H,12H2,1-5H3,(H,22,24)(H,23,25)/t17-/m1/s1. The summed E-state index contributed by atoms with van der Waals surface area (Å²) in [7, 11) is 0. The normalized spacial score (nSPS) is 11.7. The topological polar surface area (TPSA) is 58.2 Å². The molecule has 0 aromatic heterocycles. The van der Waals surface area contributed by atoms with Crippen molar-refractivity contribution in [3.8, 4) is 0 Å². The number of benzene rings is 2. The molecule has 138 valence electrons. The maximum absolute atomic E-state index is 12.4. The lowest BCUT2D eigenvalue weighted by molar-refractivity contribution is -0.115. The van der Waals surface area contributed by atoms with E-state index in [9.17, 15) is 9.59 Å². The Bertz CT molecular complexity index is 777. The Labute approximate surface area is 159 Å². The first-order chi connectivity index (χ1) is 12.3. The number of rotatable bonds is 6. The molecule has 0 spiro atoms. The molecular formula is C21H26N2O2S. The minimum absolute atomic E-state index is 0.0896. The van der Waals surface area contributed by atoms with E-state index in [2.05, 4.69) is 22.8 Å². The second-order valence-electron chi connectivity index (χ2n) is 6.63. The number of hydrogen-bond donors (Lipinski definition) is 2. The van der Waals surface area contributed by atoms with Crippen molar-refractivity contribution in [2.75, 3.05) is 16.4 Å². The van der Waals surface area contributed by atoms with E-state index in [4.69, 9.17) is 0 Å². The van der Waals surface area contributed by atoms with Crippen molar-refractivity contribution in [3.05, 3.63) is 58.7 Å². The number of carbonyl (C=O) groups is 2. The van der Waals surface area contributed by atoms with E-state index in [-0.39, 0.29) is 22.8 Å². The molecule has 0 fully saturated rings. The largest absolute Gasteiger partial charge is 0.325 e. The maximum Gasteiger partial charge on any atom is 0.237 e. The Balaban J connectivity index is 1.87. The second kappa shape index (κ2) is 8.90. The van der Waals surface area contributed by atoms with E-state index in [1.165, 1.54) is 17.3 Å². The molecule has 5 heteroatoms. The molecule has 2 amide bonds. The van der Waals surface area contributed by atoms with Gasteiger partial charge >= 0.3 is 0 Å². The van der Waals surface area contributed by atoms with Crippen LogP contribution in [0.15, 0.2) is 36.4 Å². The molecule has 2 aromatic carbocycles. The molecular weight excluding hydrogens is 344 g/mol. The van der Waals surface area contributed by atoms with Gasteiger partial charge in [-0.3, -0.25) is 9.59 Å². The third kappa shape index (κ3) is 5.63. The molecule has 0 radical (unpaired) electrons. The molecule has 0 heterocycles. The first-order valence-corrected chi connectivity index (χ1v) is 9.68. The zero-order valence-electron chi connectivity index (χ0n) is 16.0. The van der Waals surface area contributed by atoms with Crippen LogP contribution in [0.3, 0.4) is 0 Å². The van der Waals surface area contributed by atoms with Crippen molar-refractivity contribution < 1.29 is 9.59 Å². The van der Waals surface area contributed by atoms with Gasteiger partial charge in [0, 0.05) is 11.4 Å². The molecule has 0 unspecified atom stereocenters. The van der Waals surface area contributed by atoms with Gasteiger partial charge in [0.05, 0.1) is 11.0 Å². The van der Waals surface area contributed by atoms with Crippen LogP contribution in [-0.2, 0) is 9.59 Å². The number of thioether (sulfide) groups is 1. The van der Waals surface area contributed by atoms with Gasteiger partial charge in [0.2, 0.25) is 11.8 Å². The quantitative estimate of drug-likeness (QED) is 0.780. The molecule has 0 saturated carbocycles. The smallest absolute Gasteiger partial charge is 0.237 e. The van der Waals surface area contributed by atoms with Crippen LogP contribution in [0, 0.1) is 27.7 Å². The molecule has 26 heavy (non-hydrogen) atoms. The van der Waals surface area contributed by atoms with Crippen molar-refractivity contribution in [1.29, 1.82) is 0 Å². The fraction of sp³-hybridized carbons (Fsp3) is 0.333. The molecule has 2 aromatic rings. The van der Waals surface area contributed by atoms with Crippen molar-refractivity contribution in [2.24, 2.45) is 0 Å². The molecule has 4 nitrogen and oxygen atoms in total. The van der Waals surface area contributed by atoms with Crippen LogP contribution >= 0.6 is 11.8 Å². The zero-order chi connectivity index (χ0) is 19.3. The van der Waals surface area contributed by atoms with E-state index in [1.807, 2.05) is 58.9 Å². The molecule has 0 saturated heterocycles. The summed E-state index contributed by atoms with van der Waals surface area (Å²) in [4.78, 5) is 24.5. The molecule has 0 bridgehead atoms. The lowest BCUT2D eigenvalue weighted by Gasteiger charge is -2.16. The van der Waals surface area contributed by atoms with Gasteiger partial charge in [-0.2, -0.15) is 0 Å². The maximum atomic E-state index is 12.4. The number of hydrogen-bond acceptors (Lipinski definition) is 3. The van der Waals surface area contributed by atoms with Gasteiger partial charge in [-0.15, -0.1) is 11.8 Å². The molecule has 0 aliphatic heterocycles. The highest BCUT2D eigenvalue weighted by Gasteiger charge is 2.17. The lowest BCUT2D eigenvalue weighted by atomic mass is 10.1. The minimum Gasteiger partial charge on any atom is -0.325 e. The monoisotopic (exact) mass is 370 g/mol. The van der Waals surface area contributed by atoms with Crippen LogP contribution in [0.4, 0.5) is 11.4 Å². The number of amides is 2. The molecule has 1 atom stereocenters. The van der Waals surface area contributed by atoms with Crippen LogP contribution < -0.4 is 10.6 Å².